The molecule has 0 atom stereocenters. The Bertz CT molecular complexity index is 702. The van der Waals surface area contributed by atoms with Gasteiger partial charge >= 0.3 is 0 Å². The van der Waals surface area contributed by atoms with Gasteiger partial charge in [0.2, 0.25) is 10.0 Å². The van der Waals surface area contributed by atoms with Crippen LogP contribution in [0.15, 0.2) is 47.6 Å². The second-order valence-electron chi connectivity index (χ2n) is 4.53. The first-order valence-electron chi connectivity index (χ1n) is 6.02. The van der Waals surface area contributed by atoms with E-state index in [-0.39, 0.29) is 11.4 Å². The van der Waals surface area contributed by atoms with Crippen molar-refractivity contribution in [3.63, 3.8) is 0 Å². The predicted octanol–water partition coefficient (Wildman–Crippen LogP) is 2.86. The van der Waals surface area contributed by atoms with E-state index >= 15 is 0 Å². The molecule has 0 saturated carbocycles. The van der Waals surface area contributed by atoms with Gasteiger partial charge in [0.15, 0.2) is 0 Å². The van der Waals surface area contributed by atoms with Crippen LogP contribution in [-0.2, 0) is 16.6 Å². The molecule has 1 aromatic heterocycles. The summed E-state index contributed by atoms with van der Waals surface area (Å²) in [7, 11) is -2.00. The van der Waals surface area contributed by atoms with Crippen molar-refractivity contribution in [1.82, 2.24) is 9.29 Å². The molecular weight excluding hydrogens is 296 g/mol. The molecule has 4 nitrogen and oxygen atoms in total. The molecule has 0 fully saturated rings. The van der Waals surface area contributed by atoms with Crippen LogP contribution in [0.3, 0.4) is 0 Å². The van der Waals surface area contributed by atoms with Gasteiger partial charge in [0.1, 0.15) is 0 Å². The number of pyridine rings is 1. The number of nitrogens with zero attached hydrogens (tertiary/aromatic N) is 2. The average molecular weight is 311 g/mol. The molecule has 1 aromatic carbocycles. The lowest BCUT2D eigenvalue weighted by Crippen LogP contribution is -2.26. The molecule has 0 N–H and O–H groups in total. The van der Waals surface area contributed by atoms with Gasteiger partial charge < -0.3 is 0 Å². The van der Waals surface area contributed by atoms with Gasteiger partial charge in [-0.3, -0.25) is 4.98 Å². The molecule has 6 heteroatoms. The van der Waals surface area contributed by atoms with Crippen LogP contribution in [0.5, 0.6) is 0 Å². The molecule has 106 valence electrons. The Morgan fingerprint density at radius 2 is 1.85 bits per heavy atom. The van der Waals surface area contributed by atoms with Crippen LogP contribution in [-0.4, -0.2) is 24.8 Å². The van der Waals surface area contributed by atoms with Crippen molar-refractivity contribution in [3.05, 3.63) is 58.9 Å². The predicted molar refractivity (Wildman–Crippen MR) is 79.1 cm³/mol. The normalized spacial score (nSPS) is 11.8. The van der Waals surface area contributed by atoms with E-state index in [2.05, 4.69) is 4.98 Å². The van der Waals surface area contributed by atoms with E-state index < -0.39 is 10.0 Å². The number of sulfonamides is 1. The highest BCUT2D eigenvalue weighted by Gasteiger charge is 2.21. The van der Waals surface area contributed by atoms with Crippen LogP contribution < -0.4 is 0 Å². The third kappa shape index (κ3) is 3.17. The first kappa shape index (κ1) is 15.0. The highest BCUT2D eigenvalue weighted by Crippen LogP contribution is 2.22. The maximum atomic E-state index is 12.5. The smallest absolute Gasteiger partial charge is 0.243 e. The third-order valence-corrected chi connectivity index (χ3v) is 5.21. The van der Waals surface area contributed by atoms with Crippen molar-refractivity contribution in [2.75, 3.05) is 7.05 Å². The van der Waals surface area contributed by atoms with Gasteiger partial charge in [-0.2, -0.15) is 4.31 Å². The minimum absolute atomic E-state index is 0.199. The molecule has 0 amide bonds. The topological polar surface area (TPSA) is 50.3 Å². The van der Waals surface area contributed by atoms with Gasteiger partial charge in [0, 0.05) is 31.0 Å². The van der Waals surface area contributed by atoms with Crippen LogP contribution >= 0.6 is 11.6 Å². The van der Waals surface area contributed by atoms with E-state index in [0.29, 0.717) is 5.02 Å². The zero-order chi connectivity index (χ0) is 14.8. The Morgan fingerprint density at radius 3 is 2.45 bits per heavy atom. The number of hydrogen-bond donors (Lipinski definition) is 0. The summed E-state index contributed by atoms with van der Waals surface area (Å²) in [6.07, 6.45) is 3.27. The number of aromatic nitrogens is 1. The zero-order valence-corrected chi connectivity index (χ0v) is 12.8. The Morgan fingerprint density at radius 1 is 1.20 bits per heavy atom. The Balaban J connectivity index is 2.27. The maximum absolute atomic E-state index is 12.5. The molecule has 0 aliphatic rings. The molecule has 0 unspecified atom stereocenters. The second-order valence-corrected chi connectivity index (χ2v) is 6.98. The summed E-state index contributed by atoms with van der Waals surface area (Å²) in [4.78, 5) is 4.11. The van der Waals surface area contributed by atoms with Gasteiger partial charge in [0.05, 0.1) is 4.90 Å². The summed E-state index contributed by atoms with van der Waals surface area (Å²) >= 11 is 5.99. The number of aryl methyl sites for hydroxylation is 1. The fraction of sp³-hybridized carbons (Fsp3) is 0.214. The molecule has 0 saturated heterocycles. The molecule has 2 rings (SSSR count). The van der Waals surface area contributed by atoms with E-state index in [4.69, 9.17) is 11.6 Å². The molecule has 2 aromatic rings. The molecule has 0 aliphatic carbocycles. The number of halogens is 1. The summed E-state index contributed by atoms with van der Waals surface area (Å²) in [6.45, 7) is 2.12. The van der Waals surface area contributed by atoms with Crippen LogP contribution in [0.1, 0.15) is 11.1 Å². The van der Waals surface area contributed by atoms with Crippen molar-refractivity contribution >= 4 is 21.6 Å². The van der Waals surface area contributed by atoms with Gasteiger partial charge in [0.25, 0.3) is 0 Å². The van der Waals surface area contributed by atoms with Crippen molar-refractivity contribution < 1.29 is 8.42 Å². The molecule has 0 spiro atoms. The standard InChI is InChI=1S/C14H15ClN2O2S/c1-11-3-4-13(9-14(11)15)20(18,19)17(2)10-12-5-7-16-8-6-12/h3-9H,10H2,1-2H3. The average Bonchev–Trinajstić information content (AvgIpc) is 2.42. The highest BCUT2D eigenvalue weighted by atomic mass is 35.5. The van der Waals surface area contributed by atoms with E-state index in [9.17, 15) is 8.42 Å². The first-order chi connectivity index (χ1) is 9.41. The van der Waals surface area contributed by atoms with E-state index in [1.165, 1.54) is 10.4 Å². The molecule has 0 aliphatic heterocycles. The zero-order valence-electron chi connectivity index (χ0n) is 11.2. The molecule has 0 radical (unpaired) electrons. The molecule has 20 heavy (non-hydrogen) atoms. The summed E-state index contributed by atoms with van der Waals surface area (Å²) in [5, 5.41) is 0.448. The van der Waals surface area contributed by atoms with E-state index in [1.807, 2.05) is 6.92 Å². The van der Waals surface area contributed by atoms with Crippen molar-refractivity contribution in [1.29, 1.82) is 0 Å². The Labute approximate surface area is 124 Å². The minimum atomic E-state index is -3.55. The summed E-state index contributed by atoms with van der Waals surface area (Å²) in [6, 6.07) is 8.33. The van der Waals surface area contributed by atoms with E-state index in [0.717, 1.165) is 11.1 Å². The lowest BCUT2D eigenvalue weighted by atomic mass is 10.2. The van der Waals surface area contributed by atoms with Gasteiger partial charge in [-0.05, 0) is 42.3 Å². The maximum Gasteiger partial charge on any atom is 0.243 e. The number of rotatable bonds is 4. The highest BCUT2D eigenvalue weighted by molar-refractivity contribution is 7.89. The summed E-state index contributed by atoms with van der Waals surface area (Å²) in [5.74, 6) is 0. The van der Waals surface area contributed by atoms with Crippen LogP contribution in [0.4, 0.5) is 0 Å². The van der Waals surface area contributed by atoms with Crippen LogP contribution in [0, 0.1) is 6.92 Å². The largest absolute Gasteiger partial charge is 0.265 e. The van der Waals surface area contributed by atoms with Gasteiger partial charge in [-0.25, -0.2) is 8.42 Å². The summed E-state index contributed by atoms with van der Waals surface area (Å²) < 4.78 is 26.2. The quantitative estimate of drug-likeness (QED) is 0.872. The lowest BCUT2D eigenvalue weighted by molar-refractivity contribution is 0.466. The third-order valence-electron chi connectivity index (χ3n) is 3.01. The molecular formula is C14H15ClN2O2S. The number of hydrogen-bond acceptors (Lipinski definition) is 3. The molecule has 0 bridgehead atoms. The first-order valence-corrected chi connectivity index (χ1v) is 7.84. The number of benzene rings is 1. The second kappa shape index (κ2) is 5.91. The van der Waals surface area contributed by atoms with Gasteiger partial charge in [-0.15, -0.1) is 0 Å². The minimum Gasteiger partial charge on any atom is -0.265 e. The SMILES string of the molecule is Cc1ccc(S(=O)(=O)N(C)Cc2ccncc2)cc1Cl. The fourth-order valence-corrected chi connectivity index (χ4v) is 3.18. The monoisotopic (exact) mass is 310 g/mol. The van der Waals surface area contributed by atoms with Crippen LogP contribution in [0.2, 0.25) is 5.02 Å². The Hall–Kier alpha value is -1.43. The van der Waals surface area contributed by atoms with E-state index in [1.54, 1.807) is 43.7 Å². The summed E-state index contributed by atoms with van der Waals surface area (Å²) in [5.41, 5.74) is 1.73. The Kier molecular flexibility index (Phi) is 4.42. The van der Waals surface area contributed by atoms with Crippen molar-refractivity contribution in [2.45, 2.75) is 18.4 Å². The molecule has 1 heterocycles. The lowest BCUT2D eigenvalue weighted by Gasteiger charge is -2.17. The van der Waals surface area contributed by atoms with Crippen LogP contribution in [0.25, 0.3) is 0 Å². The fourth-order valence-electron chi connectivity index (χ4n) is 1.74. The van der Waals surface area contributed by atoms with Gasteiger partial charge in [-0.1, -0.05) is 17.7 Å². The van der Waals surface area contributed by atoms with Crippen molar-refractivity contribution in [3.8, 4) is 0 Å². The van der Waals surface area contributed by atoms with Crippen molar-refractivity contribution in [2.24, 2.45) is 0 Å².